The van der Waals surface area contributed by atoms with Crippen LogP contribution in [0.3, 0.4) is 0 Å². The van der Waals surface area contributed by atoms with Gasteiger partial charge in [0.2, 0.25) is 5.91 Å². The first kappa shape index (κ1) is 21.0. The van der Waals surface area contributed by atoms with Crippen molar-refractivity contribution in [3.05, 3.63) is 76.2 Å². The van der Waals surface area contributed by atoms with E-state index in [2.05, 4.69) is 27.3 Å². The number of amides is 1. The number of hydrogen-bond acceptors (Lipinski definition) is 5. The Balaban J connectivity index is 1.44. The van der Waals surface area contributed by atoms with Crippen molar-refractivity contribution in [2.75, 3.05) is 32.6 Å². The van der Waals surface area contributed by atoms with E-state index in [0.717, 1.165) is 41.5 Å². The first-order chi connectivity index (χ1) is 14.1. The van der Waals surface area contributed by atoms with Crippen LogP contribution in [0.25, 0.3) is 0 Å². The largest absolute Gasteiger partial charge is 0.494 e. The molecule has 0 radical (unpaired) electrons. The Kier molecular flexibility index (Phi) is 7.78. The third kappa shape index (κ3) is 7.33. The molecule has 2 aromatic carbocycles. The van der Waals surface area contributed by atoms with Gasteiger partial charge in [-0.25, -0.2) is 4.98 Å². The Hall–Kier alpha value is -2.70. The average Bonchev–Trinajstić information content (AvgIpc) is 3.13. The normalized spacial score (nSPS) is 10.9. The third-order valence-electron chi connectivity index (χ3n) is 4.30. The van der Waals surface area contributed by atoms with Crippen LogP contribution in [0.15, 0.2) is 60.0 Å². The predicted octanol–water partition coefficient (Wildman–Crippen LogP) is 4.25. The topological polar surface area (TPSA) is 54.5 Å². The van der Waals surface area contributed by atoms with Crippen molar-refractivity contribution in [3.63, 3.8) is 0 Å². The number of carbonyl (C=O) groups is 1. The summed E-state index contributed by atoms with van der Waals surface area (Å²) in [5.41, 5.74) is 2.79. The molecule has 3 rings (SSSR count). The second-order valence-corrected chi connectivity index (χ2v) is 8.09. The Morgan fingerprint density at radius 1 is 1.10 bits per heavy atom. The van der Waals surface area contributed by atoms with Crippen molar-refractivity contribution in [2.24, 2.45) is 0 Å². The summed E-state index contributed by atoms with van der Waals surface area (Å²) in [5.74, 6) is 0.744. The molecule has 0 unspecified atom stereocenters. The maximum absolute atomic E-state index is 12.3. The number of carbonyl (C=O) groups excluding carboxylic acids is 1. The lowest BCUT2D eigenvalue weighted by atomic mass is 10.2. The number of benzene rings is 2. The number of thiazole rings is 1. The van der Waals surface area contributed by atoms with Crippen LogP contribution in [0, 0.1) is 0 Å². The molecule has 0 saturated carbocycles. The lowest BCUT2D eigenvalue weighted by molar-refractivity contribution is -0.115. The van der Waals surface area contributed by atoms with Gasteiger partial charge >= 0.3 is 0 Å². The Labute approximate surface area is 176 Å². The Morgan fingerprint density at radius 3 is 2.59 bits per heavy atom. The average molecular weight is 410 g/mol. The van der Waals surface area contributed by atoms with Gasteiger partial charge in [0, 0.05) is 24.0 Å². The van der Waals surface area contributed by atoms with Gasteiger partial charge in [0.05, 0.1) is 23.7 Å². The number of anilines is 1. The molecule has 0 fully saturated rings. The standard InChI is InChI=1S/C23H27N3O2S/c1-26(2)13-6-14-28-21-11-9-19(10-12-21)24-22(27)16-20-17-29-23(25-20)15-18-7-4-3-5-8-18/h3-5,7-12,17H,6,13-16H2,1-2H3,(H,24,27). The molecular weight excluding hydrogens is 382 g/mol. The van der Waals surface area contributed by atoms with E-state index in [4.69, 9.17) is 4.74 Å². The van der Waals surface area contributed by atoms with Gasteiger partial charge in [-0.1, -0.05) is 30.3 Å². The molecule has 0 saturated heterocycles. The molecule has 0 aliphatic carbocycles. The molecule has 5 nitrogen and oxygen atoms in total. The fraction of sp³-hybridized carbons (Fsp3) is 0.304. The van der Waals surface area contributed by atoms with Crippen LogP contribution in [-0.2, 0) is 17.6 Å². The maximum atomic E-state index is 12.3. The highest BCUT2D eigenvalue weighted by atomic mass is 32.1. The molecule has 0 aliphatic rings. The third-order valence-corrected chi connectivity index (χ3v) is 5.19. The van der Waals surface area contributed by atoms with Crippen molar-refractivity contribution in [1.29, 1.82) is 0 Å². The van der Waals surface area contributed by atoms with Crippen molar-refractivity contribution in [3.8, 4) is 5.75 Å². The zero-order chi connectivity index (χ0) is 20.5. The highest BCUT2D eigenvalue weighted by Gasteiger charge is 2.09. The SMILES string of the molecule is CN(C)CCCOc1ccc(NC(=O)Cc2csc(Cc3ccccc3)n2)cc1. The van der Waals surface area contributed by atoms with Gasteiger partial charge < -0.3 is 15.0 Å². The molecule has 0 atom stereocenters. The van der Waals surface area contributed by atoms with E-state index in [9.17, 15) is 4.79 Å². The minimum atomic E-state index is -0.0683. The lowest BCUT2D eigenvalue weighted by Gasteiger charge is -2.11. The number of hydrogen-bond donors (Lipinski definition) is 1. The molecule has 1 amide bonds. The molecule has 3 aromatic rings. The van der Waals surface area contributed by atoms with Gasteiger partial charge in [-0.2, -0.15) is 0 Å². The first-order valence-electron chi connectivity index (χ1n) is 9.73. The summed E-state index contributed by atoms with van der Waals surface area (Å²) in [7, 11) is 4.10. The van der Waals surface area contributed by atoms with Gasteiger partial charge in [0.15, 0.2) is 0 Å². The summed E-state index contributed by atoms with van der Waals surface area (Å²) in [6, 6.07) is 17.7. The molecule has 1 heterocycles. The van der Waals surface area contributed by atoms with Crippen LogP contribution in [0.2, 0.25) is 0 Å². The van der Waals surface area contributed by atoms with Crippen LogP contribution >= 0.6 is 11.3 Å². The molecule has 0 spiro atoms. The second kappa shape index (κ2) is 10.7. The van der Waals surface area contributed by atoms with Gasteiger partial charge in [-0.05, 0) is 50.3 Å². The molecule has 29 heavy (non-hydrogen) atoms. The molecule has 1 N–H and O–H groups in total. The summed E-state index contributed by atoms with van der Waals surface area (Å²) in [5, 5.41) is 5.91. The lowest BCUT2D eigenvalue weighted by Crippen LogP contribution is -2.15. The quantitative estimate of drug-likeness (QED) is 0.509. The monoisotopic (exact) mass is 409 g/mol. The summed E-state index contributed by atoms with van der Waals surface area (Å²) < 4.78 is 5.72. The summed E-state index contributed by atoms with van der Waals surface area (Å²) in [6.45, 7) is 1.68. The van der Waals surface area contributed by atoms with E-state index in [1.165, 1.54) is 5.56 Å². The van der Waals surface area contributed by atoms with E-state index in [0.29, 0.717) is 6.61 Å². The van der Waals surface area contributed by atoms with E-state index in [-0.39, 0.29) is 12.3 Å². The molecular formula is C23H27N3O2S. The second-order valence-electron chi connectivity index (χ2n) is 7.15. The number of nitrogens with one attached hydrogen (secondary N) is 1. The van der Waals surface area contributed by atoms with Crippen molar-refractivity contribution < 1.29 is 9.53 Å². The number of nitrogens with zero attached hydrogens (tertiary/aromatic N) is 2. The smallest absolute Gasteiger partial charge is 0.230 e. The number of ether oxygens (including phenoxy) is 1. The van der Waals surface area contributed by atoms with E-state index < -0.39 is 0 Å². The van der Waals surface area contributed by atoms with E-state index in [1.807, 2.05) is 61.9 Å². The zero-order valence-corrected chi connectivity index (χ0v) is 17.7. The first-order valence-corrected chi connectivity index (χ1v) is 10.6. The minimum absolute atomic E-state index is 0.0683. The van der Waals surface area contributed by atoms with Crippen LogP contribution in [0.5, 0.6) is 5.75 Å². The zero-order valence-electron chi connectivity index (χ0n) is 16.9. The van der Waals surface area contributed by atoms with Crippen LogP contribution < -0.4 is 10.1 Å². The van der Waals surface area contributed by atoms with Crippen LogP contribution in [0.4, 0.5) is 5.69 Å². The van der Waals surface area contributed by atoms with Gasteiger partial charge in [-0.15, -0.1) is 11.3 Å². The van der Waals surface area contributed by atoms with Gasteiger partial charge in [0.1, 0.15) is 5.75 Å². The molecule has 152 valence electrons. The summed E-state index contributed by atoms with van der Waals surface area (Å²) >= 11 is 1.60. The molecule has 0 aliphatic heterocycles. The molecule has 1 aromatic heterocycles. The van der Waals surface area contributed by atoms with Crippen molar-refractivity contribution >= 4 is 22.9 Å². The Bertz CT molecular complexity index is 892. The Morgan fingerprint density at radius 2 is 1.86 bits per heavy atom. The predicted molar refractivity (Wildman–Crippen MR) is 119 cm³/mol. The van der Waals surface area contributed by atoms with Crippen LogP contribution in [-0.4, -0.2) is 43.0 Å². The number of aromatic nitrogens is 1. The van der Waals surface area contributed by atoms with Gasteiger partial charge in [0.25, 0.3) is 0 Å². The highest BCUT2D eigenvalue weighted by molar-refractivity contribution is 7.09. The fourth-order valence-electron chi connectivity index (χ4n) is 2.86. The number of rotatable bonds is 10. The minimum Gasteiger partial charge on any atom is -0.494 e. The molecule has 0 bridgehead atoms. The maximum Gasteiger partial charge on any atom is 0.230 e. The van der Waals surface area contributed by atoms with Crippen molar-refractivity contribution in [1.82, 2.24) is 9.88 Å². The summed E-state index contributed by atoms with van der Waals surface area (Å²) in [4.78, 5) is 19.1. The van der Waals surface area contributed by atoms with Crippen LogP contribution in [0.1, 0.15) is 22.7 Å². The van der Waals surface area contributed by atoms with Crippen molar-refractivity contribution in [2.45, 2.75) is 19.3 Å². The molecule has 6 heteroatoms. The summed E-state index contributed by atoms with van der Waals surface area (Å²) in [6.07, 6.45) is 2.04. The van der Waals surface area contributed by atoms with E-state index in [1.54, 1.807) is 11.3 Å². The highest BCUT2D eigenvalue weighted by Crippen LogP contribution is 2.18. The van der Waals surface area contributed by atoms with Gasteiger partial charge in [-0.3, -0.25) is 4.79 Å². The fourth-order valence-corrected chi connectivity index (χ4v) is 3.68. The van der Waals surface area contributed by atoms with E-state index >= 15 is 0 Å².